The Morgan fingerprint density at radius 1 is 1.42 bits per heavy atom. The van der Waals surface area contributed by atoms with Gasteiger partial charge in [-0.15, -0.1) is 0 Å². The monoisotopic (exact) mass is 259 g/mol. The van der Waals surface area contributed by atoms with Crippen molar-refractivity contribution in [3.63, 3.8) is 0 Å². The molecule has 4 heteroatoms. The Bertz CT molecular complexity index is 617. The van der Waals surface area contributed by atoms with E-state index in [1.165, 1.54) is 0 Å². The van der Waals surface area contributed by atoms with Crippen LogP contribution in [-0.4, -0.2) is 27.9 Å². The molecule has 0 saturated carbocycles. The maximum atomic E-state index is 10.9. The smallest absolute Gasteiger partial charge is 0.335 e. The molecule has 1 aliphatic heterocycles. The predicted octanol–water partition coefficient (Wildman–Crippen LogP) is 2.91. The van der Waals surface area contributed by atoms with Gasteiger partial charge in [0.05, 0.1) is 17.8 Å². The average Bonchev–Trinajstić information content (AvgIpc) is 2.96. The lowest BCUT2D eigenvalue weighted by Crippen LogP contribution is -2.15. The minimum absolute atomic E-state index is 0.268. The number of aromatic nitrogens is 1. The second-order valence-corrected chi connectivity index (χ2v) is 5.19. The van der Waals surface area contributed by atoms with Crippen LogP contribution in [0.25, 0.3) is 10.9 Å². The van der Waals surface area contributed by atoms with Crippen LogP contribution in [0.3, 0.4) is 0 Å². The molecule has 0 spiro atoms. The third-order valence-electron chi connectivity index (χ3n) is 3.74. The molecule has 0 amide bonds. The number of aromatic carboxylic acids is 1. The highest BCUT2D eigenvalue weighted by Gasteiger charge is 2.22. The van der Waals surface area contributed by atoms with E-state index in [0.717, 1.165) is 30.3 Å². The molecule has 2 atom stereocenters. The summed E-state index contributed by atoms with van der Waals surface area (Å²) in [6, 6.07) is 7.20. The van der Waals surface area contributed by atoms with Crippen LogP contribution >= 0.6 is 0 Å². The summed E-state index contributed by atoms with van der Waals surface area (Å²) in [5.41, 5.74) is 1.39. The van der Waals surface area contributed by atoms with Crippen molar-refractivity contribution in [2.45, 2.75) is 38.5 Å². The molecule has 1 saturated heterocycles. The van der Waals surface area contributed by atoms with Crippen molar-refractivity contribution in [3.05, 3.63) is 36.0 Å². The Morgan fingerprint density at radius 3 is 2.95 bits per heavy atom. The van der Waals surface area contributed by atoms with E-state index >= 15 is 0 Å². The molecule has 0 radical (unpaired) electrons. The lowest BCUT2D eigenvalue weighted by atomic mass is 10.1. The summed E-state index contributed by atoms with van der Waals surface area (Å²) in [7, 11) is 0. The minimum Gasteiger partial charge on any atom is -0.478 e. The number of hydrogen-bond acceptors (Lipinski definition) is 2. The van der Waals surface area contributed by atoms with Crippen LogP contribution < -0.4 is 0 Å². The second kappa shape index (κ2) is 4.70. The van der Waals surface area contributed by atoms with Gasteiger partial charge in [-0.1, -0.05) is 0 Å². The lowest BCUT2D eigenvalue weighted by molar-refractivity contribution is 0.0465. The topological polar surface area (TPSA) is 51.5 Å². The Labute approximate surface area is 111 Å². The summed E-state index contributed by atoms with van der Waals surface area (Å²) >= 11 is 0. The fourth-order valence-electron chi connectivity index (χ4n) is 2.73. The third-order valence-corrected chi connectivity index (χ3v) is 3.74. The molecule has 19 heavy (non-hydrogen) atoms. The number of rotatable bonds is 3. The first-order valence-electron chi connectivity index (χ1n) is 6.61. The molecule has 1 aromatic heterocycles. The van der Waals surface area contributed by atoms with Gasteiger partial charge >= 0.3 is 5.97 Å². The van der Waals surface area contributed by atoms with Gasteiger partial charge in [0.25, 0.3) is 0 Å². The Morgan fingerprint density at radius 2 is 2.26 bits per heavy atom. The Balaban J connectivity index is 1.86. The molecule has 4 nitrogen and oxygen atoms in total. The fourth-order valence-corrected chi connectivity index (χ4v) is 2.73. The standard InChI is InChI=1S/C15H17NO3/c1-10-2-4-13(19-10)9-16-7-6-11-8-12(15(17)18)3-5-14(11)16/h3,5-8,10,13H,2,4,9H2,1H3,(H,17,18). The van der Waals surface area contributed by atoms with Crippen molar-refractivity contribution in [1.29, 1.82) is 0 Å². The van der Waals surface area contributed by atoms with Crippen molar-refractivity contribution in [1.82, 2.24) is 4.57 Å². The summed E-state index contributed by atoms with van der Waals surface area (Å²) in [5.74, 6) is -0.886. The molecular formula is C15H17NO3. The quantitative estimate of drug-likeness (QED) is 0.922. The molecule has 0 aliphatic carbocycles. The van der Waals surface area contributed by atoms with Gasteiger partial charge in [-0.25, -0.2) is 4.79 Å². The molecule has 1 aliphatic rings. The Kier molecular flexibility index (Phi) is 3.03. The highest BCUT2D eigenvalue weighted by molar-refractivity contribution is 5.93. The van der Waals surface area contributed by atoms with Gasteiger partial charge in [-0.3, -0.25) is 0 Å². The zero-order valence-electron chi connectivity index (χ0n) is 10.9. The van der Waals surface area contributed by atoms with Gasteiger partial charge < -0.3 is 14.4 Å². The van der Waals surface area contributed by atoms with E-state index in [1.54, 1.807) is 12.1 Å². The summed E-state index contributed by atoms with van der Waals surface area (Å²) in [6.07, 6.45) is 4.83. The fraction of sp³-hybridized carbons (Fsp3) is 0.400. The number of carboxylic acids is 1. The number of carbonyl (C=O) groups is 1. The van der Waals surface area contributed by atoms with E-state index in [9.17, 15) is 4.79 Å². The third kappa shape index (κ3) is 2.36. The van der Waals surface area contributed by atoms with Crippen LogP contribution in [0.1, 0.15) is 30.1 Å². The second-order valence-electron chi connectivity index (χ2n) is 5.19. The summed E-state index contributed by atoms with van der Waals surface area (Å²) in [4.78, 5) is 10.9. The molecule has 1 aromatic carbocycles. The molecule has 0 bridgehead atoms. The molecule has 2 unspecified atom stereocenters. The Hall–Kier alpha value is -1.81. The van der Waals surface area contributed by atoms with E-state index in [1.807, 2.05) is 18.3 Å². The first-order valence-corrected chi connectivity index (χ1v) is 6.61. The van der Waals surface area contributed by atoms with Crippen LogP contribution in [0, 0.1) is 0 Å². The van der Waals surface area contributed by atoms with Gasteiger partial charge in [0.2, 0.25) is 0 Å². The predicted molar refractivity (Wildman–Crippen MR) is 72.5 cm³/mol. The van der Waals surface area contributed by atoms with Crippen molar-refractivity contribution in [3.8, 4) is 0 Å². The zero-order valence-corrected chi connectivity index (χ0v) is 10.9. The summed E-state index contributed by atoms with van der Waals surface area (Å²) in [6.45, 7) is 2.94. The zero-order chi connectivity index (χ0) is 13.4. The maximum Gasteiger partial charge on any atom is 0.335 e. The number of benzene rings is 1. The number of hydrogen-bond donors (Lipinski definition) is 1. The van der Waals surface area contributed by atoms with Crippen molar-refractivity contribution < 1.29 is 14.6 Å². The average molecular weight is 259 g/mol. The largest absolute Gasteiger partial charge is 0.478 e. The summed E-state index contributed by atoms with van der Waals surface area (Å²) in [5, 5.41) is 9.95. The highest BCUT2D eigenvalue weighted by atomic mass is 16.5. The highest BCUT2D eigenvalue weighted by Crippen LogP contribution is 2.23. The van der Waals surface area contributed by atoms with E-state index in [2.05, 4.69) is 11.5 Å². The number of carboxylic acid groups (broad SMARTS) is 1. The van der Waals surface area contributed by atoms with Crippen molar-refractivity contribution >= 4 is 16.9 Å². The number of ether oxygens (including phenoxy) is 1. The molecule has 1 fully saturated rings. The van der Waals surface area contributed by atoms with E-state index in [4.69, 9.17) is 9.84 Å². The van der Waals surface area contributed by atoms with Gasteiger partial charge in [-0.05, 0) is 44.0 Å². The molecule has 1 N–H and O–H groups in total. The lowest BCUT2D eigenvalue weighted by Gasteiger charge is -2.13. The van der Waals surface area contributed by atoms with Crippen LogP contribution in [0.15, 0.2) is 30.5 Å². The molecule has 3 rings (SSSR count). The van der Waals surface area contributed by atoms with Crippen LogP contribution in [0.2, 0.25) is 0 Å². The minimum atomic E-state index is -0.886. The number of fused-ring (bicyclic) bond motifs is 1. The summed E-state index contributed by atoms with van der Waals surface area (Å²) < 4.78 is 7.97. The van der Waals surface area contributed by atoms with Gasteiger partial charge in [-0.2, -0.15) is 0 Å². The van der Waals surface area contributed by atoms with Crippen molar-refractivity contribution in [2.24, 2.45) is 0 Å². The van der Waals surface area contributed by atoms with Crippen LogP contribution in [0.5, 0.6) is 0 Å². The van der Waals surface area contributed by atoms with Crippen molar-refractivity contribution in [2.75, 3.05) is 0 Å². The van der Waals surface area contributed by atoms with E-state index in [0.29, 0.717) is 11.7 Å². The van der Waals surface area contributed by atoms with Crippen LogP contribution in [0.4, 0.5) is 0 Å². The normalized spacial score (nSPS) is 23.0. The first kappa shape index (κ1) is 12.2. The van der Waals surface area contributed by atoms with Crippen LogP contribution in [-0.2, 0) is 11.3 Å². The van der Waals surface area contributed by atoms with Gasteiger partial charge in [0.1, 0.15) is 0 Å². The molecule has 100 valence electrons. The first-order chi connectivity index (χ1) is 9.13. The van der Waals surface area contributed by atoms with E-state index in [-0.39, 0.29) is 6.10 Å². The molecular weight excluding hydrogens is 242 g/mol. The SMILES string of the molecule is CC1CCC(Cn2ccc3cc(C(=O)O)ccc32)O1. The molecule has 2 heterocycles. The maximum absolute atomic E-state index is 10.9. The van der Waals surface area contributed by atoms with Gasteiger partial charge in [0, 0.05) is 23.6 Å². The number of nitrogens with zero attached hydrogens (tertiary/aromatic N) is 1. The van der Waals surface area contributed by atoms with Gasteiger partial charge in [0.15, 0.2) is 0 Å². The molecule has 2 aromatic rings. The van der Waals surface area contributed by atoms with E-state index < -0.39 is 5.97 Å².